The first-order chi connectivity index (χ1) is 9.61. The Balaban J connectivity index is 2.12. The zero-order valence-corrected chi connectivity index (χ0v) is 13.8. The zero-order chi connectivity index (χ0) is 14.6. The van der Waals surface area contributed by atoms with Crippen molar-refractivity contribution in [3.8, 4) is 0 Å². The molecule has 0 radical (unpaired) electrons. The lowest BCUT2D eigenvalue weighted by atomic mass is 9.72. The minimum absolute atomic E-state index is 0.0456. The van der Waals surface area contributed by atoms with Gasteiger partial charge in [-0.05, 0) is 72.3 Å². The first-order valence-corrected chi connectivity index (χ1v) is 8.13. The molecule has 2 rings (SSSR count). The maximum atomic E-state index is 13.3. The highest BCUT2D eigenvalue weighted by molar-refractivity contribution is 9.10. The summed E-state index contributed by atoms with van der Waals surface area (Å²) in [6.45, 7) is 3.15. The van der Waals surface area contributed by atoms with Crippen molar-refractivity contribution in [2.45, 2.75) is 50.7 Å². The Morgan fingerprint density at radius 3 is 2.70 bits per heavy atom. The maximum absolute atomic E-state index is 13.3. The molecule has 1 aromatic rings. The summed E-state index contributed by atoms with van der Waals surface area (Å²) >= 11 is 3.26. The van der Waals surface area contributed by atoms with Gasteiger partial charge in [0, 0.05) is 13.2 Å². The molecule has 1 aliphatic rings. The summed E-state index contributed by atoms with van der Waals surface area (Å²) in [5, 5.41) is 3.61. The molecule has 112 valence electrons. The van der Waals surface area contributed by atoms with Crippen LogP contribution in [-0.2, 0) is 11.2 Å². The number of hydrogen-bond donors (Lipinski definition) is 1. The Morgan fingerprint density at radius 2 is 2.20 bits per heavy atom. The fourth-order valence-corrected chi connectivity index (χ4v) is 3.31. The average molecular weight is 344 g/mol. The molecule has 20 heavy (non-hydrogen) atoms. The molecule has 1 N–H and O–H groups in total. The van der Waals surface area contributed by atoms with E-state index in [1.165, 1.54) is 12.5 Å². The van der Waals surface area contributed by atoms with E-state index in [0.717, 1.165) is 37.8 Å². The van der Waals surface area contributed by atoms with E-state index in [1.807, 2.05) is 12.1 Å². The second kappa shape index (κ2) is 7.01. The standard InChI is InChI=1S/C16H23BrFNO/c1-3-9-19-15(16(20-2)7-4-8-16)11-12-5-6-14(18)13(17)10-12/h5-6,10,15,19H,3-4,7-9,11H2,1-2H3. The van der Waals surface area contributed by atoms with Gasteiger partial charge in [0.2, 0.25) is 0 Å². The molecule has 0 bridgehead atoms. The minimum atomic E-state index is -0.211. The van der Waals surface area contributed by atoms with Crippen LogP contribution in [0.25, 0.3) is 0 Å². The van der Waals surface area contributed by atoms with Gasteiger partial charge >= 0.3 is 0 Å². The van der Waals surface area contributed by atoms with Gasteiger partial charge in [-0.3, -0.25) is 0 Å². The van der Waals surface area contributed by atoms with Crippen molar-refractivity contribution >= 4 is 15.9 Å². The Bertz CT molecular complexity index is 443. The fraction of sp³-hybridized carbons (Fsp3) is 0.625. The van der Waals surface area contributed by atoms with E-state index < -0.39 is 0 Å². The van der Waals surface area contributed by atoms with E-state index in [1.54, 1.807) is 7.11 Å². The zero-order valence-electron chi connectivity index (χ0n) is 12.2. The lowest BCUT2D eigenvalue weighted by Gasteiger charge is -2.47. The van der Waals surface area contributed by atoms with Crippen LogP contribution in [-0.4, -0.2) is 25.3 Å². The third-order valence-electron chi connectivity index (χ3n) is 4.31. The van der Waals surface area contributed by atoms with E-state index in [2.05, 4.69) is 28.2 Å². The normalized spacial score (nSPS) is 18.6. The molecule has 0 aromatic heterocycles. The highest BCUT2D eigenvalue weighted by Gasteiger charge is 2.44. The molecular formula is C16H23BrFNO. The van der Waals surface area contributed by atoms with Gasteiger partial charge in [-0.2, -0.15) is 0 Å². The van der Waals surface area contributed by atoms with Crippen molar-refractivity contribution in [1.29, 1.82) is 0 Å². The maximum Gasteiger partial charge on any atom is 0.137 e. The minimum Gasteiger partial charge on any atom is -0.377 e. The molecule has 1 aliphatic carbocycles. The van der Waals surface area contributed by atoms with Crippen LogP contribution in [0.2, 0.25) is 0 Å². The Labute approximate surface area is 129 Å². The SMILES string of the molecule is CCCNC(Cc1ccc(F)c(Br)c1)C1(OC)CCC1. The van der Waals surface area contributed by atoms with Gasteiger partial charge in [-0.15, -0.1) is 0 Å². The van der Waals surface area contributed by atoms with Crippen LogP contribution in [0.5, 0.6) is 0 Å². The summed E-state index contributed by atoms with van der Waals surface area (Å²) in [6.07, 6.45) is 5.40. The van der Waals surface area contributed by atoms with Crippen LogP contribution in [0.15, 0.2) is 22.7 Å². The topological polar surface area (TPSA) is 21.3 Å². The van der Waals surface area contributed by atoms with Crippen LogP contribution >= 0.6 is 15.9 Å². The molecular weight excluding hydrogens is 321 g/mol. The number of hydrogen-bond acceptors (Lipinski definition) is 2. The van der Waals surface area contributed by atoms with Crippen LogP contribution in [0.1, 0.15) is 38.2 Å². The third kappa shape index (κ3) is 3.41. The third-order valence-corrected chi connectivity index (χ3v) is 4.91. The summed E-state index contributed by atoms with van der Waals surface area (Å²) in [5.41, 5.74) is 1.09. The summed E-state index contributed by atoms with van der Waals surface area (Å²) < 4.78 is 19.7. The second-order valence-corrected chi connectivity index (χ2v) is 6.44. The lowest BCUT2D eigenvalue weighted by molar-refractivity contribution is -0.0980. The van der Waals surface area contributed by atoms with Gasteiger partial charge in [0.25, 0.3) is 0 Å². The number of ether oxygens (including phenoxy) is 1. The van der Waals surface area contributed by atoms with Crippen molar-refractivity contribution in [2.75, 3.05) is 13.7 Å². The molecule has 1 aromatic carbocycles. The molecule has 0 heterocycles. The van der Waals surface area contributed by atoms with Crippen LogP contribution in [0.3, 0.4) is 0 Å². The van der Waals surface area contributed by atoms with Gasteiger partial charge < -0.3 is 10.1 Å². The molecule has 1 unspecified atom stereocenters. The highest BCUT2D eigenvalue weighted by atomic mass is 79.9. The number of nitrogens with one attached hydrogen (secondary N) is 1. The van der Waals surface area contributed by atoms with Crippen molar-refractivity contribution in [2.24, 2.45) is 0 Å². The molecule has 0 spiro atoms. The van der Waals surface area contributed by atoms with Crippen LogP contribution < -0.4 is 5.32 Å². The number of halogens is 2. The molecule has 1 saturated carbocycles. The van der Waals surface area contributed by atoms with E-state index >= 15 is 0 Å². The molecule has 0 saturated heterocycles. The Morgan fingerprint density at radius 1 is 1.45 bits per heavy atom. The second-order valence-electron chi connectivity index (χ2n) is 5.58. The van der Waals surface area contributed by atoms with Crippen molar-refractivity contribution in [1.82, 2.24) is 5.32 Å². The van der Waals surface area contributed by atoms with Crippen LogP contribution in [0, 0.1) is 5.82 Å². The molecule has 1 fully saturated rings. The smallest absolute Gasteiger partial charge is 0.137 e. The van der Waals surface area contributed by atoms with Gasteiger partial charge in [-0.25, -0.2) is 4.39 Å². The largest absolute Gasteiger partial charge is 0.377 e. The summed E-state index contributed by atoms with van der Waals surface area (Å²) in [7, 11) is 1.81. The Kier molecular flexibility index (Phi) is 5.58. The van der Waals surface area contributed by atoms with E-state index in [0.29, 0.717) is 10.5 Å². The van der Waals surface area contributed by atoms with Gasteiger partial charge in [-0.1, -0.05) is 13.0 Å². The molecule has 1 atom stereocenters. The Hall–Kier alpha value is -0.450. The summed E-state index contributed by atoms with van der Waals surface area (Å²) in [5.74, 6) is -0.211. The predicted octanol–water partition coefficient (Wildman–Crippen LogP) is 4.07. The van der Waals surface area contributed by atoms with Gasteiger partial charge in [0.15, 0.2) is 0 Å². The van der Waals surface area contributed by atoms with E-state index in [9.17, 15) is 4.39 Å². The fourth-order valence-electron chi connectivity index (χ4n) is 2.89. The van der Waals surface area contributed by atoms with Gasteiger partial charge in [0.05, 0.1) is 10.1 Å². The summed E-state index contributed by atoms with van der Waals surface area (Å²) in [4.78, 5) is 0. The molecule has 4 heteroatoms. The quantitative estimate of drug-likeness (QED) is 0.805. The van der Waals surface area contributed by atoms with Gasteiger partial charge in [0.1, 0.15) is 5.82 Å². The first-order valence-electron chi connectivity index (χ1n) is 7.34. The molecule has 0 amide bonds. The highest BCUT2D eigenvalue weighted by Crippen LogP contribution is 2.39. The van der Waals surface area contributed by atoms with Crippen molar-refractivity contribution < 1.29 is 9.13 Å². The number of benzene rings is 1. The van der Waals surface area contributed by atoms with Crippen molar-refractivity contribution in [3.63, 3.8) is 0 Å². The molecule has 2 nitrogen and oxygen atoms in total. The van der Waals surface area contributed by atoms with Crippen LogP contribution in [0.4, 0.5) is 4.39 Å². The molecule has 0 aliphatic heterocycles. The average Bonchev–Trinajstić information content (AvgIpc) is 2.39. The monoisotopic (exact) mass is 343 g/mol. The number of methoxy groups -OCH3 is 1. The van der Waals surface area contributed by atoms with Crippen molar-refractivity contribution in [3.05, 3.63) is 34.1 Å². The van der Waals surface area contributed by atoms with E-state index in [4.69, 9.17) is 4.74 Å². The predicted molar refractivity (Wildman–Crippen MR) is 83.5 cm³/mol. The number of rotatable bonds is 7. The van der Waals surface area contributed by atoms with E-state index in [-0.39, 0.29) is 11.4 Å². The summed E-state index contributed by atoms with van der Waals surface area (Å²) in [6, 6.07) is 5.55. The first kappa shape index (κ1) is 15.9. The lowest BCUT2D eigenvalue weighted by Crippen LogP contribution is -2.57.